The van der Waals surface area contributed by atoms with Crippen molar-refractivity contribution in [1.29, 1.82) is 0 Å². The Labute approximate surface area is 170 Å². The van der Waals surface area contributed by atoms with Gasteiger partial charge < -0.3 is 24.8 Å². The molecule has 3 aliphatic heterocycles. The highest BCUT2D eigenvalue weighted by molar-refractivity contribution is 5.94. The van der Waals surface area contributed by atoms with Crippen LogP contribution < -0.4 is 20.1 Å². The second-order valence-electron chi connectivity index (χ2n) is 7.46. The van der Waals surface area contributed by atoms with E-state index in [2.05, 4.69) is 21.6 Å². The molecule has 0 radical (unpaired) electrons. The van der Waals surface area contributed by atoms with Crippen molar-refractivity contribution in [1.82, 2.24) is 15.5 Å². The van der Waals surface area contributed by atoms with Gasteiger partial charge in [0.05, 0.1) is 18.2 Å². The summed E-state index contributed by atoms with van der Waals surface area (Å²) in [7, 11) is 0. The summed E-state index contributed by atoms with van der Waals surface area (Å²) in [6.45, 7) is 6.35. The number of hydrogen-bond donors (Lipinski definition) is 2. The summed E-state index contributed by atoms with van der Waals surface area (Å²) in [6.07, 6.45) is 2.05. The zero-order chi connectivity index (χ0) is 20.4. The van der Waals surface area contributed by atoms with E-state index in [1.807, 2.05) is 12.1 Å². The molecular formula is C21H27N3O5. The lowest BCUT2D eigenvalue weighted by molar-refractivity contribution is -0.139. The maximum Gasteiger partial charge on any atom is 0.337 e. The Kier molecular flexibility index (Phi) is 5.62. The van der Waals surface area contributed by atoms with Gasteiger partial charge in [0.1, 0.15) is 13.2 Å². The van der Waals surface area contributed by atoms with E-state index >= 15 is 0 Å². The quantitative estimate of drug-likeness (QED) is 0.735. The van der Waals surface area contributed by atoms with E-state index < -0.39 is 12.0 Å². The molecule has 2 N–H and O–H groups in total. The van der Waals surface area contributed by atoms with Crippen molar-refractivity contribution in [3.8, 4) is 11.5 Å². The highest BCUT2D eigenvalue weighted by Gasteiger charge is 2.34. The number of urea groups is 1. The highest BCUT2D eigenvalue weighted by atomic mass is 16.6. The van der Waals surface area contributed by atoms with Crippen molar-refractivity contribution in [2.24, 2.45) is 0 Å². The van der Waals surface area contributed by atoms with Crippen LogP contribution in [0.25, 0.3) is 0 Å². The van der Waals surface area contributed by atoms with E-state index in [9.17, 15) is 9.59 Å². The molecule has 29 heavy (non-hydrogen) atoms. The van der Waals surface area contributed by atoms with Gasteiger partial charge in [0.2, 0.25) is 0 Å². The molecule has 0 unspecified atom stereocenters. The van der Waals surface area contributed by atoms with Crippen LogP contribution in [0.1, 0.15) is 38.3 Å². The lowest BCUT2D eigenvalue weighted by Crippen LogP contribution is -2.51. The third-order valence-corrected chi connectivity index (χ3v) is 5.54. The summed E-state index contributed by atoms with van der Waals surface area (Å²) in [4.78, 5) is 26.8. The Bertz CT molecular complexity index is 838. The summed E-state index contributed by atoms with van der Waals surface area (Å²) in [6, 6.07) is 5.56. The van der Waals surface area contributed by atoms with Gasteiger partial charge in [-0.3, -0.25) is 4.90 Å². The van der Waals surface area contributed by atoms with Crippen LogP contribution in [0.2, 0.25) is 0 Å². The fraction of sp³-hybridized carbons (Fsp3) is 0.524. The van der Waals surface area contributed by atoms with Gasteiger partial charge in [-0.15, -0.1) is 0 Å². The number of likely N-dealkylation sites (tertiary alicyclic amines) is 1. The summed E-state index contributed by atoms with van der Waals surface area (Å²) < 4.78 is 16.6. The van der Waals surface area contributed by atoms with Crippen molar-refractivity contribution in [3.05, 3.63) is 35.0 Å². The molecule has 1 aromatic carbocycles. The number of carbonyl (C=O) groups excluding carboxylic acids is 2. The Morgan fingerprint density at radius 2 is 2.07 bits per heavy atom. The molecule has 0 aliphatic carbocycles. The Hall–Kier alpha value is -2.74. The van der Waals surface area contributed by atoms with Crippen LogP contribution in [0.15, 0.2) is 29.5 Å². The standard InChI is InChI=1S/C21H27N3O5/c1-3-27-20(25)19-13(2)22-21(26)23-15(19)12-24-8-4-5-16(24)14-6-7-17-18(11-14)29-10-9-28-17/h6-7,11,13,16H,3-5,8-10,12H2,1-2H3,(H2,22,23,26)/t13-,16-/m1/s1. The van der Waals surface area contributed by atoms with Crippen molar-refractivity contribution in [2.75, 3.05) is 32.9 Å². The molecule has 0 aromatic heterocycles. The van der Waals surface area contributed by atoms with Crippen LogP contribution in [0.3, 0.4) is 0 Å². The molecule has 1 fully saturated rings. The van der Waals surface area contributed by atoms with Crippen LogP contribution in [0.5, 0.6) is 11.5 Å². The first-order valence-electron chi connectivity index (χ1n) is 10.2. The summed E-state index contributed by atoms with van der Waals surface area (Å²) in [5.74, 6) is 1.16. The Morgan fingerprint density at radius 3 is 2.86 bits per heavy atom. The molecule has 1 aromatic rings. The monoisotopic (exact) mass is 401 g/mol. The van der Waals surface area contributed by atoms with Gasteiger partial charge in [0.25, 0.3) is 0 Å². The van der Waals surface area contributed by atoms with Crippen LogP contribution in [0, 0.1) is 0 Å². The molecule has 4 rings (SSSR count). The van der Waals surface area contributed by atoms with Crippen LogP contribution in [-0.4, -0.2) is 55.9 Å². The van der Waals surface area contributed by atoms with Crippen molar-refractivity contribution < 1.29 is 23.8 Å². The zero-order valence-corrected chi connectivity index (χ0v) is 16.8. The predicted octanol–water partition coefficient (Wildman–Crippen LogP) is 2.11. The number of benzene rings is 1. The predicted molar refractivity (Wildman–Crippen MR) is 106 cm³/mol. The summed E-state index contributed by atoms with van der Waals surface area (Å²) in [5, 5.41) is 5.57. The first kappa shape index (κ1) is 19.6. The first-order valence-corrected chi connectivity index (χ1v) is 10.2. The minimum atomic E-state index is -0.395. The second-order valence-corrected chi connectivity index (χ2v) is 7.46. The fourth-order valence-corrected chi connectivity index (χ4v) is 4.27. The van der Waals surface area contributed by atoms with E-state index in [1.165, 1.54) is 0 Å². The van der Waals surface area contributed by atoms with Crippen LogP contribution in [-0.2, 0) is 9.53 Å². The fourth-order valence-electron chi connectivity index (χ4n) is 4.27. The number of fused-ring (bicyclic) bond motifs is 1. The van der Waals surface area contributed by atoms with E-state index in [4.69, 9.17) is 14.2 Å². The van der Waals surface area contributed by atoms with Crippen molar-refractivity contribution in [3.63, 3.8) is 0 Å². The molecule has 3 heterocycles. The molecule has 2 amide bonds. The number of amides is 2. The second kappa shape index (κ2) is 8.32. The normalized spacial score (nSPS) is 24.1. The molecule has 3 aliphatic rings. The number of esters is 1. The van der Waals surface area contributed by atoms with Gasteiger partial charge in [-0.05, 0) is 50.9 Å². The lowest BCUT2D eigenvalue weighted by atomic mass is 10.0. The topological polar surface area (TPSA) is 89.1 Å². The first-order chi connectivity index (χ1) is 14.1. The molecular weight excluding hydrogens is 374 g/mol. The maximum absolute atomic E-state index is 12.5. The van der Waals surface area contributed by atoms with E-state index in [1.54, 1.807) is 13.8 Å². The minimum absolute atomic E-state index is 0.184. The van der Waals surface area contributed by atoms with E-state index in [0.29, 0.717) is 37.6 Å². The third-order valence-electron chi connectivity index (χ3n) is 5.54. The van der Waals surface area contributed by atoms with Gasteiger partial charge in [-0.2, -0.15) is 0 Å². The molecule has 0 spiro atoms. The van der Waals surface area contributed by atoms with E-state index in [-0.39, 0.29) is 12.1 Å². The highest BCUT2D eigenvalue weighted by Crippen LogP contribution is 2.38. The van der Waals surface area contributed by atoms with Gasteiger partial charge in [-0.25, -0.2) is 9.59 Å². The van der Waals surface area contributed by atoms with Crippen molar-refractivity contribution >= 4 is 12.0 Å². The Morgan fingerprint density at radius 1 is 1.28 bits per heavy atom. The van der Waals surface area contributed by atoms with E-state index in [0.717, 1.165) is 36.4 Å². The smallest absolute Gasteiger partial charge is 0.337 e. The molecule has 8 nitrogen and oxygen atoms in total. The van der Waals surface area contributed by atoms with Gasteiger partial charge >= 0.3 is 12.0 Å². The van der Waals surface area contributed by atoms with Gasteiger partial charge in [0, 0.05) is 18.3 Å². The molecule has 0 bridgehead atoms. The minimum Gasteiger partial charge on any atom is -0.486 e. The number of hydrogen-bond acceptors (Lipinski definition) is 6. The molecule has 2 atom stereocenters. The molecule has 1 saturated heterocycles. The summed E-state index contributed by atoms with van der Waals surface area (Å²) >= 11 is 0. The SMILES string of the molecule is CCOC(=O)C1=C(CN2CCC[C@@H]2c2ccc3c(c2)OCCO3)NC(=O)N[C@@H]1C. The van der Waals surface area contributed by atoms with Gasteiger partial charge in [0.15, 0.2) is 11.5 Å². The lowest BCUT2D eigenvalue weighted by Gasteiger charge is -2.31. The number of nitrogens with zero attached hydrogens (tertiary/aromatic N) is 1. The molecule has 156 valence electrons. The molecule has 0 saturated carbocycles. The van der Waals surface area contributed by atoms with Crippen LogP contribution in [0.4, 0.5) is 4.79 Å². The average molecular weight is 401 g/mol. The number of nitrogens with one attached hydrogen (secondary N) is 2. The number of rotatable bonds is 5. The average Bonchev–Trinajstić information content (AvgIpc) is 3.15. The molecule has 8 heteroatoms. The van der Waals surface area contributed by atoms with Crippen molar-refractivity contribution in [2.45, 2.75) is 38.8 Å². The largest absolute Gasteiger partial charge is 0.486 e. The van der Waals surface area contributed by atoms with Crippen LogP contribution >= 0.6 is 0 Å². The Balaban J connectivity index is 1.59. The van der Waals surface area contributed by atoms with Gasteiger partial charge in [-0.1, -0.05) is 6.07 Å². The maximum atomic E-state index is 12.5. The third kappa shape index (κ3) is 4.03. The summed E-state index contributed by atoms with van der Waals surface area (Å²) in [5.41, 5.74) is 2.25. The number of ether oxygens (including phenoxy) is 3. The number of carbonyl (C=O) groups is 2. The zero-order valence-electron chi connectivity index (χ0n) is 16.8.